The molecule has 1 rings (SSSR count). The lowest BCUT2D eigenvalue weighted by molar-refractivity contribution is -0.143. The van der Waals surface area contributed by atoms with Gasteiger partial charge < -0.3 is 5.11 Å². The van der Waals surface area contributed by atoms with Gasteiger partial charge in [0.1, 0.15) is 6.04 Å². The van der Waals surface area contributed by atoms with Crippen molar-refractivity contribution in [3.8, 4) is 0 Å². The Balaban J connectivity index is 2.85. The van der Waals surface area contributed by atoms with Gasteiger partial charge in [-0.05, 0) is 25.1 Å². The van der Waals surface area contributed by atoms with Crippen molar-refractivity contribution in [2.24, 2.45) is 0 Å². The van der Waals surface area contributed by atoms with Gasteiger partial charge in [0, 0.05) is 6.54 Å². The normalized spacial score (nSPS) is 13.6. The van der Waals surface area contributed by atoms with E-state index in [-0.39, 0.29) is 6.54 Å². The van der Waals surface area contributed by atoms with Crippen molar-refractivity contribution in [2.75, 3.05) is 7.05 Å². The van der Waals surface area contributed by atoms with Gasteiger partial charge in [0.15, 0.2) is 0 Å². The number of likely N-dealkylation sites (N-methyl/N-ethyl adjacent to an activating group) is 1. The predicted octanol–water partition coefficient (Wildman–Crippen LogP) is 3.00. The lowest BCUT2D eigenvalue weighted by atomic mass is 10.1. The Morgan fingerprint density at radius 1 is 1.42 bits per heavy atom. The van der Waals surface area contributed by atoms with Gasteiger partial charge in [-0.3, -0.25) is 9.69 Å². The molecule has 1 aromatic carbocycles. The van der Waals surface area contributed by atoms with Crippen molar-refractivity contribution in [2.45, 2.75) is 32.1 Å². The summed E-state index contributed by atoms with van der Waals surface area (Å²) in [6.07, 6.45) is -3.99. The maximum Gasteiger partial charge on any atom is 0.416 e. The van der Waals surface area contributed by atoms with Crippen molar-refractivity contribution in [1.29, 1.82) is 0 Å². The van der Waals surface area contributed by atoms with E-state index in [1.807, 2.05) is 0 Å². The number of hydrogen-bond acceptors (Lipinski definition) is 2. The first-order chi connectivity index (χ1) is 8.75. The standard InChI is InChI=1S/C13H16F3NO2/c1-3-11(12(18)19)17(2)8-9-5-4-6-10(7-9)13(14,15)16/h4-7,11H,3,8H2,1-2H3,(H,18,19). The molecular formula is C13H16F3NO2. The Morgan fingerprint density at radius 3 is 2.53 bits per heavy atom. The molecule has 1 aromatic rings. The number of aliphatic carboxylic acids is 1. The highest BCUT2D eigenvalue weighted by atomic mass is 19.4. The highest BCUT2D eigenvalue weighted by molar-refractivity contribution is 5.73. The fraction of sp³-hybridized carbons (Fsp3) is 0.462. The number of halogens is 3. The Bertz CT molecular complexity index is 446. The van der Waals surface area contributed by atoms with Crippen LogP contribution in [0.2, 0.25) is 0 Å². The second-order valence-corrected chi connectivity index (χ2v) is 4.38. The molecule has 3 nitrogen and oxygen atoms in total. The van der Waals surface area contributed by atoms with Crippen LogP contribution in [0.4, 0.5) is 13.2 Å². The Hall–Kier alpha value is -1.56. The molecular weight excluding hydrogens is 259 g/mol. The van der Waals surface area contributed by atoms with Gasteiger partial charge in [0.05, 0.1) is 5.56 Å². The molecule has 19 heavy (non-hydrogen) atoms. The zero-order chi connectivity index (χ0) is 14.6. The van der Waals surface area contributed by atoms with Crippen LogP contribution in [-0.4, -0.2) is 29.1 Å². The lowest BCUT2D eigenvalue weighted by Gasteiger charge is -2.23. The summed E-state index contributed by atoms with van der Waals surface area (Å²) in [5.41, 5.74) is -0.279. The average molecular weight is 275 g/mol. The summed E-state index contributed by atoms with van der Waals surface area (Å²) in [6.45, 7) is 1.89. The molecule has 0 amide bonds. The fourth-order valence-electron chi connectivity index (χ4n) is 1.92. The van der Waals surface area contributed by atoms with Crippen molar-refractivity contribution in [3.05, 3.63) is 35.4 Å². The van der Waals surface area contributed by atoms with E-state index in [9.17, 15) is 18.0 Å². The molecule has 0 heterocycles. The Labute approximate surface area is 109 Å². The molecule has 106 valence electrons. The van der Waals surface area contributed by atoms with Crippen molar-refractivity contribution >= 4 is 5.97 Å². The Kier molecular flexibility index (Phi) is 4.94. The SMILES string of the molecule is CCC(C(=O)O)N(C)Cc1cccc(C(F)(F)F)c1. The van der Waals surface area contributed by atoms with Gasteiger partial charge in [-0.1, -0.05) is 25.1 Å². The minimum Gasteiger partial charge on any atom is -0.480 e. The molecule has 0 spiro atoms. The number of carboxylic acids is 1. The maximum atomic E-state index is 12.6. The molecule has 1 N–H and O–H groups in total. The van der Waals surface area contributed by atoms with Crippen LogP contribution in [0.15, 0.2) is 24.3 Å². The van der Waals surface area contributed by atoms with Crippen LogP contribution in [0.25, 0.3) is 0 Å². The predicted molar refractivity (Wildman–Crippen MR) is 64.6 cm³/mol. The smallest absolute Gasteiger partial charge is 0.416 e. The van der Waals surface area contributed by atoms with E-state index in [0.717, 1.165) is 12.1 Å². The Morgan fingerprint density at radius 2 is 2.05 bits per heavy atom. The largest absolute Gasteiger partial charge is 0.480 e. The fourth-order valence-corrected chi connectivity index (χ4v) is 1.92. The quantitative estimate of drug-likeness (QED) is 0.898. The van der Waals surface area contributed by atoms with E-state index in [2.05, 4.69) is 0 Å². The highest BCUT2D eigenvalue weighted by Gasteiger charge is 2.30. The maximum absolute atomic E-state index is 12.6. The molecule has 0 saturated carbocycles. The van der Waals surface area contributed by atoms with Crippen LogP contribution < -0.4 is 0 Å². The summed E-state index contributed by atoms with van der Waals surface area (Å²) < 4.78 is 37.7. The van der Waals surface area contributed by atoms with Gasteiger partial charge in [-0.2, -0.15) is 13.2 Å². The molecule has 0 aliphatic rings. The summed E-state index contributed by atoms with van der Waals surface area (Å²) in [4.78, 5) is 12.5. The molecule has 0 aromatic heterocycles. The van der Waals surface area contributed by atoms with E-state index >= 15 is 0 Å². The molecule has 0 fully saturated rings. The molecule has 1 atom stereocenters. The van der Waals surface area contributed by atoms with Crippen LogP contribution >= 0.6 is 0 Å². The number of benzene rings is 1. The minimum absolute atomic E-state index is 0.161. The number of hydrogen-bond donors (Lipinski definition) is 1. The topological polar surface area (TPSA) is 40.5 Å². The van der Waals surface area contributed by atoms with E-state index in [4.69, 9.17) is 5.11 Å². The second-order valence-electron chi connectivity index (χ2n) is 4.38. The zero-order valence-electron chi connectivity index (χ0n) is 10.7. The van der Waals surface area contributed by atoms with Gasteiger partial charge in [0.2, 0.25) is 0 Å². The van der Waals surface area contributed by atoms with E-state index in [1.165, 1.54) is 11.0 Å². The first-order valence-electron chi connectivity index (χ1n) is 5.85. The summed E-state index contributed by atoms with van der Waals surface area (Å²) in [5.74, 6) is -0.975. The van der Waals surface area contributed by atoms with E-state index < -0.39 is 23.8 Å². The van der Waals surface area contributed by atoms with Gasteiger partial charge in [-0.15, -0.1) is 0 Å². The molecule has 0 saturated heterocycles. The summed E-state index contributed by atoms with van der Waals surface area (Å²) >= 11 is 0. The van der Waals surface area contributed by atoms with Crippen LogP contribution in [0.3, 0.4) is 0 Å². The number of rotatable bonds is 5. The molecule has 0 aliphatic carbocycles. The highest BCUT2D eigenvalue weighted by Crippen LogP contribution is 2.29. The van der Waals surface area contributed by atoms with Gasteiger partial charge >= 0.3 is 12.1 Å². The van der Waals surface area contributed by atoms with E-state index in [0.29, 0.717) is 12.0 Å². The van der Waals surface area contributed by atoms with Crippen molar-refractivity contribution < 1.29 is 23.1 Å². The molecule has 0 radical (unpaired) electrons. The van der Waals surface area contributed by atoms with Gasteiger partial charge in [0.25, 0.3) is 0 Å². The van der Waals surface area contributed by atoms with Crippen molar-refractivity contribution in [3.63, 3.8) is 0 Å². The third-order valence-corrected chi connectivity index (χ3v) is 2.89. The number of nitrogens with zero attached hydrogens (tertiary/aromatic N) is 1. The third-order valence-electron chi connectivity index (χ3n) is 2.89. The second kappa shape index (κ2) is 6.06. The molecule has 0 aliphatic heterocycles. The van der Waals surface area contributed by atoms with Crippen LogP contribution in [0, 0.1) is 0 Å². The summed E-state index contributed by atoms with van der Waals surface area (Å²) in [5, 5.41) is 8.98. The third kappa shape index (κ3) is 4.24. The molecule has 6 heteroatoms. The molecule has 1 unspecified atom stereocenters. The van der Waals surface area contributed by atoms with Gasteiger partial charge in [-0.25, -0.2) is 0 Å². The number of carbonyl (C=O) groups is 1. The monoisotopic (exact) mass is 275 g/mol. The van der Waals surface area contributed by atoms with Crippen LogP contribution in [0.1, 0.15) is 24.5 Å². The first kappa shape index (κ1) is 15.5. The number of alkyl halides is 3. The summed E-state index contributed by atoms with van der Waals surface area (Å²) in [6, 6.07) is 4.23. The average Bonchev–Trinajstić information content (AvgIpc) is 2.28. The molecule has 0 bridgehead atoms. The van der Waals surface area contributed by atoms with Crippen molar-refractivity contribution in [1.82, 2.24) is 4.90 Å². The van der Waals surface area contributed by atoms with E-state index in [1.54, 1.807) is 20.0 Å². The van der Waals surface area contributed by atoms with Crippen LogP contribution in [-0.2, 0) is 17.5 Å². The minimum atomic E-state index is -4.38. The number of carboxylic acid groups (broad SMARTS) is 1. The first-order valence-corrected chi connectivity index (χ1v) is 5.85. The zero-order valence-corrected chi connectivity index (χ0v) is 10.7. The van der Waals surface area contributed by atoms with Crippen LogP contribution in [0.5, 0.6) is 0 Å². The summed E-state index contributed by atoms with van der Waals surface area (Å²) in [7, 11) is 1.59. The lowest BCUT2D eigenvalue weighted by Crippen LogP contribution is -2.37.